The summed E-state index contributed by atoms with van der Waals surface area (Å²) >= 11 is 0. The summed E-state index contributed by atoms with van der Waals surface area (Å²) in [7, 11) is 1.44. The fourth-order valence-electron chi connectivity index (χ4n) is 2.21. The minimum absolute atomic E-state index is 0.0809. The number of aromatic hydroxyl groups is 1. The van der Waals surface area contributed by atoms with Gasteiger partial charge in [0, 0.05) is 11.1 Å². The van der Waals surface area contributed by atoms with E-state index in [9.17, 15) is 14.7 Å². The van der Waals surface area contributed by atoms with Gasteiger partial charge in [-0.1, -0.05) is 13.0 Å². The third-order valence-corrected chi connectivity index (χ3v) is 3.64. The lowest BCUT2D eigenvalue weighted by atomic mass is 10.2. The standard InChI is InChI=1S/C20H23N3O5/c1-3-11-28-16-9-7-14(8-10-16)20(26)21-13-18(24)23-22-12-15-5-4-6-17(27-2)19(15)25/h4-10,12,25H,3,11,13H2,1-2H3,(H,21,26)(H,23,24)/b22-12-. The molecule has 0 atom stereocenters. The van der Waals surface area contributed by atoms with Crippen molar-refractivity contribution >= 4 is 18.0 Å². The van der Waals surface area contributed by atoms with E-state index in [1.165, 1.54) is 13.3 Å². The van der Waals surface area contributed by atoms with Gasteiger partial charge in [-0.15, -0.1) is 0 Å². The van der Waals surface area contributed by atoms with Crippen molar-refractivity contribution in [1.82, 2.24) is 10.7 Å². The van der Waals surface area contributed by atoms with Gasteiger partial charge in [0.2, 0.25) is 0 Å². The second kappa shape index (κ2) is 10.6. The number of hydrogen-bond donors (Lipinski definition) is 3. The molecular formula is C20H23N3O5. The molecule has 0 radical (unpaired) electrons. The van der Waals surface area contributed by atoms with Crippen LogP contribution in [0.4, 0.5) is 0 Å². The van der Waals surface area contributed by atoms with Gasteiger partial charge in [-0.05, 0) is 42.8 Å². The minimum atomic E-state index is -0.505. The summed E-state index contributed by atoms with van der Waals surface area (Å²) in [6, 6.07) is 11.6. The molecule has 0 saturated carbocycles. The number of para-hydroxylation sites is 1. The number of methoxy groups -OCH3 is 1. The number of hydrogen-bond acceptors (Lipinski definition) is 6. The summed E-state index contributed by atoms with van der Waals surface area (Å²) in [5, 5.41) is 16.2. The van der Waals surface area contributed by atoms with Crippen molar-refractivity contribution in [3.05, 3.63) is 53.6 Å². The lowest BCUT2D eigenvalue weighted by molar-refractivity contribution is -0.120. The average Bonchev–Trinajstić information content (AvgIpc) is 2.72. The first-order valence-corrected chi connectivity index (χ1v) is 8.74. The van der Waals surface area contributed by atoms with Gasteiger partial charge in [0.15, 0.2) is 11.5 Å². The molecule has 2 aromatic rings. The Morgan fingerprint density at radius 1 is 1.18 bits per heavy atom. The van der Waals surface area contributed by atoms with Gasteiger partial charge in [0.25, 0.3) is 11.8 Å². The summed E-state index contributed by atoms with van der Waals surface area (Å²) in [6.45, 7) is 2.38. The van der Waals surface area contributed by atoms with E-state index in [4.69, 9.17) is 9.47 Å². The number of amides is 2. The maximum Gasteiger partial charge on any atom is 0.259 e. The van der Waals surface area contributed by atoms with Crippen LogP contribution in [0.5, 0.6) is 17.2 Å². The molecule has 2 rings (SSSR count). The number of hydrazone groups is 1. The van der Waals surface area contributed by atoms with E-state index in [2.05, 4.69) is 15.8 Å². The largest absolute Gasteiger partial charge is 0.504 e. The Morgan fingerprint density at radius 2 is 1.93 bits per heavy atom. The smallest absolute Gasteiger partial charge is 0.259 e. The Bertz CT molecular complexity index is 834. The SMILES string of the molecule is CCCOc1ccc(C(=O)NCC(=O)N/N=C\c2cccc(OC)c2O)cc1. The van der Waals surface area contributed by atoms with E-state index in [-0.39, 0.29) is 18.2 Å². The molecule has 0 fully saturated rings. The van der Waals surface area contributed by atoms with Gasteiger partial charge >= 0.3 is 0 Å². The number of nitrogens with zero attached hydrogens (tertiary/aromatic N) is 1. The third-order valence-electron chi connectivity index (χ3n) is 3.64. The second-order valence-electron chi connectivity index (χ2n) is 5.75. The van der Waals surface area contributed by atoms with Gasteiger partial charge in [-0.2, -0.15) is 5.10 Å². The van der Waals surface area contributed by atoms with Crippen LogP contribution < -0.4 is 20.2 Å². The van der Waals surface area contributed by atoms with Gasteiger partial charge in [0.1, 0.15) is 5.75 Å². The number of ether oxygens (including phenoxy) is 2. The maximum absolute atomic E-state index is 12.1. The van der Waals surface area contributed by atoms with E-state index in [0.29, 0.717) is 29.2 Å². The highest BCUT2D eigenvalue weighted by molar-refractivity contribution is 5.96. The lowest BCUT2D eigenvalue weighted by Gasteiger charge is -2.07. The molecule has 0 heterocycles. The fraction of sp³-hybridized carbons (Fsp3) is 0.250. The van der Waals surface area contributed by atoms with Crippen molar-refractivity contribution in [3.8, 4) is 17.2 Å². The molecule has 148 valence electrons. The van der Waals surface area contributed by atoms with Crippen LogP contribution in [0, 0.1) is 0 Å². The lowest BCUT2D eigenvalue weighted by Crippen LogP contribution is -2.34. The van der Waals surface area contributed by atoms with Gasteiger partial charge in [0.05, 0.1) is 26.5 Å². The molecule has 0 bridgehead atoms. The Balaban J connectivity index is 1.81. The fourth-order valence-corrected chi connectivity index (χ4v) is 2.21. The van der Waals surface area contributed by atoms with E-state index in [1.54, 1.807) is 42.5 Å². The Labute approximate surface area is 163 Å². The van der Waals surface area contributed by atoms with Crippen LogP contribution in [0.25, 0.3) is 0 Å². The second-order valence-corrected chi connectivity index (χ2v) is 5.75. The molecule has 0 unspecified atom stereocenters. The Kier molecular flexibility index (Phi) is 7.83. The Hall–Kier alpha value is -3.55. The summed E-state index contributed by atoms with van der Waals surface area (Å²) in [4.78, 5) is 23.9. The summed E-state index contributed by atoms with van der Waals surface area (Å²) in [5.74, 6) is 0.0177. The van der Waals surface area contributed by atoms with Crippen molar-refractivity contribution in [2.75, 3.05) is 20.3 Å². The van der Waals surface area contributed by atoms with Gasteiger partial charge in [-0.3, -0.25) is 9.59 Å². The molecular weight excluding hydrogens is 362 g/mol. The third kappa shape index (κ3) is 6.01. The minimum Gasteiger partial charge on any atom is -0.504 e. The van der Waals surface area contributed by atoms with Crippen molar-refractivity contribution in [3.63, 3.8) is 0 Å². The summed E-state index contributed by atoms with van der Waals surface area (Å²) in [6.07, 6.45) is 2.18. The van der Waals surface area contributed by atoms with E-state index >= 15 is 0 Å². The predicted octanol–water partition coefficient (Wildman–Crippen LogP) is 2.07. The molecule has 2 amide bonds. The number of rotatable bonds is 9. The first-order chi connectivity index (χ1) is 13.5. The number of benzene rings is 2. The quantitative estimate of drug-likeness (QED) is 0.452. The molecule has 0 aliphatic carbocycles. The van der Waals surface area contributed by atoms with Crippen LogP contribution in [0.2, 0.25) is 0 Å². The first-order valence-electron chi connectivity index (χ1n) is 8.74. The highest BCUT2D eigenvalue weighted by Gasteiger charge is 2.08. The molecule has 0 saturated heterocycles. The molecule has 8 heteroatoms. The normalized spacial score (nSPS) is 10.5. The molecule has 8 nitrogen and oxygen atoms in total. The van der Waals surface area contributed by atoms with Gasteiger partial charge < -0.3 is 19.9 Å². The van der Waals surface area contributed by atoms with Crippen LogP contribution in [0.15, 0.2) is 47.6 Å². The van der Waals surface area contributed by atoms with Crippen LogP contribution in [-0.2, 0) is 4.79 Å². The maximum atomic E-state index is 12.1. The topological polar surface area (TPSA) is 109 Å². The monoisotopic (exact) mass is 385 g/mol. The van der Waals surface area contributed by atoms with Crippen LogP contribution in [0.3, 0.4) is 0 Å². The number of phenolic OH excluding ortho intramolecular Hbond substituents is 1. The van der Waals surface area contributed by atoms with E-state index in [0.717, 1.165) is 6.42 Å². The number of nitrogens with one attached hydrogen (secondary N) is 2. The summed E-state index contributed by atoms with van der Waals surface area (Å²) < 4.78 is 10.4. The Morgan fingerprint density at radius 3 is 2.61 bits per heavy atom. The summed E-state index contributed by atoms with van der Waals surface area (Å²) in [5.41, 5.74) is 3.08. The predicted molar refractivity (Wildman–Crippen MR) is 105 cm³/mol. The van der Waals surface area contributed by atoms with Crippen LogP contribution in [0.1, 0.15) is 29.3 Å². The van der Waals surface area contributed by atoms with Crippen LogP contribution >= 0.6 is 0 Å². The van der Waals surface area contributed by atoms with Crippen molar-refractivity contribution in [1.29, 1.82) is 0 Å². The number of carbonyl (C=O) groups is 2. The van der Waals surface area contributed by atoms with Crippen molar-refractivity contribution in [2.45, 2.75) is 13.3 Å². The molecule has 0 aromatic heterocycles. The number of phenols is 1. The average molecular weight is 385 g/mol. The molecule has 0 aliphatic rings. The van der Waals surface area contributed by atoms with E-state index in [1.807, 2.05) is 6.92 Å². The highest BCUT2D eigenvalue weighted by Crippen LogP contribution is 2.27. The zero-order valence-corrected chi connectivity index (χ0v) is 15.8. The van der Waals surface area contributed by atoms with Crippen molar-refractivity contribution < 1.29 is 24.2 Å². The molecule has 2 aromatic carbocycles. The first kappa shape index (κ1) is 20.8. The zero-order valence-electron chi connectivity index (χ0n) is 15.8. The van der Waals surface area contributed by atoms with Gasteiger partial charge in [-0.25, -0.2) is 5.43 Å². The van der Waals surface area contributed by atoms with Crippen LogP contribution in [-0.4, -0.2) is 43.4 Å². The molecule has 3 N–H and O–H groups in total. The highest BCUT2D eigenvalue weighted by atomic mass is 16.5. The zero-order chi connectivity index (χ0) is 20.4. The molecule has 0 spiro atoms. The van der Waals surface area contributed by atoms with Crippen molar-refractivity contribution in [2.24, 2.45) is 5.10 Å². The number of carbonyl (C=O) groups excluding carboxylic acids is 2. The molecule has 0 aliphatic heterocycles. The van der Waals surface area contributed by atoms with E-state index < -0.39 is 5.91 Å². The molecule has 28 heavy (non-hydrogen) atoms.